The van der Waals surface area contributed by atoms with Gasteiger partial charge in [0.25, 0.3) is 0 Å². The highest BCUT2D eigenvalue weighted by atomic mass is 32.2. The molecule has 0 radical (unpaired) electrons. The van der Waals surface area contributed by atoms with E-state index in [2.05, 4.69) is 15.5 Å². The van der Waals surface area contributed by atoms with E-state index in [0.717, 1.165) is 12.8 Å². The van der Waals surface area contributed by atoms with Crippen LogP contribution in [-0.2, 0) is 9.53 Å². The number of aromatic nitrogens is 4. The highest BCUT2D eigenvalue weighted by molar-refractivity contribution is 7.99. The summed E-state index contributed by atoms with van der Waals surface area (Å²) in [6.45, 7) is 2.07. The molecule has 2 rings (SSSR count). The minimum absolute atomic E-state index is 0.00579. The third-order valence-corrected chi connectivity index (χ3v) is 3.55. The van der Waals surface area contributed by atoms with Crippen LogP contribution in [0.5, 0.6) is 0 Å². The predicted molar refractivity (Wildman–Crippen MR) is 64.1 cm³/mol. The van der Waals surface area contributed by atoms with Crippen molar-refractivity contribution in [2.24, 2.45) is 0 Å². The lowest BCUT2D eigenvalue weighted by Crippen LogP contribution is -2.18. The van der Waals surface area contributed by atoms with Gasteiger partial charge < -0.3 is 9.84 Å². The summed E-state index contributed by atoms with van der Waals surface area (Å²) in [6, 6.07) is 0.407. The number of ether oxygens (including phenoxy) is 1. The Labute approximate surface area is 109 Å². The second kappa shape index (κ2) is 6.14. The van der Waals surface area contributed by atoms with Crippen LogP contribution in [0.2, 0.25) is 0 Å². The first-order valence-corrected chi connectivity index (χ1v) is 6.93. The molecular weight excluding hydrogens is 256 g/mol. The Morgan fingerprint density at radius 1 is 1.67 bits per heavy atom. The van der Waals surface area contributed by atoms with E-state index < -0.39 is 6.10 Å². The molecular formula is C10H16N4O3S. The molecule has 8 heteroatoms. The van der Waals surface area contributed by atoms with Gasteiger partial charge in [-0.3, -0.25) is 4.79 Å². The van der Waals surface area contributed by atoms with E-state index in [0.29, 0.717) is 23.6 Å². The van der Waals surface area contributed by atoms with Crippen molar-refractivity contribution in [3.8, 4) is 0 Å². The molecule has 1 N–H and O–H groups in total. The van der Waals surface area contributed by atoms with Crippen LogP contribution in [0.1, 0.15) is 32.2 Å². The Bertz CT molecular complexity index is 408. The van der Waals surface area contributed by atoms with E-state index in [4.69, 9.17) is 4.74 Å². The Hall–Kier alpha value is -1.15. The van der Waals surface area contributed by atoms with Gasteiger partial charge >= 0.3 is 5.97 Å². The van der Waals surface area contributed by atoms with Crippen LogP contribution in [0.4, 0.5) is 0 Å². The fraction of sp³-hybridized carbons (Fsp3) is 0.800. The van der Waals surface area contributed by atoms with Crippen LogP contribution in [0.15, 0.2) is 5.16 Å². The van der Waals surface area contributed by atoms with Gasteiger partial charge in [-0.1, -0.05) is 11.8 Å². The molecule has 1 heterocycles. The minimum Gasteiger partial charge on any atom is -0.466 e. The summed E-state index contributed by atoms with van der Waals surface area (Å²) < 4.78 is 6.55. The highest BCUT2D eigenvalue weighted by Gasteiger charge is 2.28. The average Bonchev–Trinajstić information content (AvgIpc) is 3.06. The van der Waals surface area contributed by atoms with Crippen LogP contribution < -0.4 is 0 Å². The monoisotopic (exact) mass is 272 g/mol. The summed E-state index contributed by atoms with van der Waals surface area (Å²) in [5.41, 5.74) is 0. The Morgan fingerprint density at radius 2 is 2.44 bits per heavy atom. The van der Waals surface area contributed by atoms with Crippen LogP contribution in [-0.4, -0.2) is 49.7 Å². The maximum Gasteiger partial charge on any atom is 0.308 e. The van der Waals surface area contributed by atoms with Crippen molar-refractivity contribution in [2.75, 3.05) is 12.4 Å². The minimum atomic E-state index is -0.738. The first kappa shape index (κ1) is 13.3. The number of carbonyl (C=O) groups is 1. The number of nitrogens with zero attached hydrogens (tertiary/aromatic N) is 4. The van der Waals surface area contributed by atoms with Gasteiger partial charge in [0.05, 0.1) is 25.2 Å². The number of rotatable bonds is 7. The fourth-order valence-corrected chi connectivity index (χ4v) is 2.34. The first-order valence-electron chi connectivity index (χ1n) is 5.95. The standard InChI is InChI=1S/C10H16N4O3S/c1-2-17-9(16)5-8(15)6-18-10-11-12-13-14(10)7-3-4-7/h7-8,15H,2-6H2,1H3. The SMILES string of the molecule is CCOC(=O)CC(O)CSc1nnnn1C1CC1. The van der Waals surface area contributed by atoms with Crippen LogP contribution >= 0.6 is 11.8 Å². The lowest BCUT2D eigenvalue weighted by molar-refractivity contribution is -0.144. The molecule has 18 heavy (non-hydrogen) atoms. The number of hydrogen-bond donors (Lipinski definition) is 1. The van der Waals surface area contributed by atoms with Gasteiger partial charge in [-0.05, 0) is 30.2 Å². The van der Waals surface area contributed by atoms with Gasteiger partial charge in [-0.2, -0.15) is 0 Å². The number of tetrazole rings is 1. The summed E-state index contributed by atoms with van der Waals surface area (Å²) in [5.74, 6) is -0.00119. The van der Waals surface area contributed by atoms with Crippen molar-refractivity contribution < 1.29 is 14.6 Å². The van der Waals surface area contributed by atoms with Crippen molar-refractivity contribution >= 4 is 17.7 Å². The number of aliphatic hydroxyl groups is 1. The van der Waals surface area contributed by atoms with Crippen molar-refractivity contribution in [1.29, 1.82) is 0 Å². The number of hydrogen-bond acceptors (Lipinski definition) is 7. The van der Waals surface area contributed by atoms with E-state index in [9.17, 15) is 9.90 Å². The zero-order chi connectivity index (χ0) is 13.0. The van der Waals surface area contributed by atoms with E-state index in [-0.39, 0.29) is 12.4 Å². The predicted octanol–water partition coefficient (Wildman–Crippen LogP) is 0.414. The van der Waals surface area contributed by atoms with Crippen LogP contribution in [0.3, 0.4) is 0 Å². The molecule has 100 valence electrons. The van der Waals surface area contributed by atoms with Gasteiger partial charge in [0.1, 0.15) is 0 Å². The average molecular weight is 272 g/mol. The topological polar surface area (TPSA) is 90.1 Å². The molecule has 1 aromatic heterocycles. The van der Waals surface area contributed by atoms with Crippen molar-refractivity contribution in [2.45, 2.75) is 43.5 Å². The van der Waals surface area contributed by atoms with Crippen molar-refractivity contribution in [1.82, 2.24) is 20.2 Å². The van der Waals surface area contributed by atoms with Gasteiger partial charge in [0, 0.05) is 5.75 Å². The van der Waals surface area contributed by atoms with E-state index in [1.807, 2.05) is 0 Å². The molecule has 1 aromatic rings. The summed E-state index contributed by atoms with van der Waals surface area (Å²) in [4.78, 5) is 11.2. The maximum absolute atomic E-state index is 11.2. The third kappa shape index (κ3) is 3.67. The number of carbonyl (C=O) groups excluding carboxylic acids is 1. The molecule has 1 aliphatic carbocycles. The number of aliphatic hydroxyl groups excluding tert-OH is 1. The van der Waals surface area contributed by atoms with Gasteiger partial charge in [0.15, 0.2) is 0 Å². The number of esters is 1. The zero-order valence-corrected chi connectivity index (χ0v) is 11.0. The van der Waals surface area contributed by atoms with E-state index in [1.165, 1.54) is 11.8 Å². The van der Waals surface area contributed by atoms with E-state index >= 15 is 0 Å². The molecule has 1 aliphatic rings. The number of thioether (sulfide) groups is 1. The maximum atomic E-state index is 11.2. The zero-order valence-electron chi connectivity index (χ0n) is 10.2. The molecule has 1 atom stereocenters. The summed E-state index contributed by atoms with van der Waals surface area (Å²) >= 11 is 1.36. The normalized spacial score (nSPS) is 16.6. The smallest absolute Gasteiger partial charge is 0.308 e. The Balaban J connectivity index is 1.76. The van der Waals surface area contributed by atoms with Crippen LogP contribution in [0.25, 0.3) is 0 Å². The quantitative estimate of drug-likeness (QED) is 0.568. The first-order chi connectivity index (χ1) is 8.70. The third-order valence-electron chi connectivity index (χ3n) is 2.47. The molecule has 1 saturated carbocycles. The van der Waals surface area contributed by atoms with Gasteiger partial charge in [-0.25, -0.2) is 4.68 Å². The molecule has 1 fully saturated rings. The van der Waals surface area contributed by atoms with Gasteiger partial charge in [-0.15, -0.1) is 5.10 Å². The Kier molecular flexibility index (Phi) is 4.54. The highest BCUT2D eigenvalue weighted by Crippen LogP contribution is 2.36. The summed E-state index contributed by atoms with van der Waals surface area (Å²) in [7, 11) is 0. The molecule has 0 amide bonds. The summed E-state index contributed by atoms with van der Waals surface area (Å²) in [6.07, 6.45) is 1.47. The molecule has 0 spiro atoms. The fourth-order valence-electron chi connectivity index (χ4n) is 1.47. The second-order valence-corrected chi connectivity index (χ2v) is 5.10. The molecule has 0 saturated heterocycles. The second-order valence-electron chi connectivity index (χ2n) is 4.11. The molecule has 7 nitrogen and oxygen atoms in total. The molecule has 0 aliphatic heterocycles. The lowest BCUT2D eigenvalue weighted by atomic mass is 10.3. The molecule has 0 aromatic carbocycles. The van der Waals surface area contributed by atoms with Crippen LogP contribution in [0, 0.1) is 0 Å². The molecule has 1 unspecified atom stereocenters. The lowest BCUT2D eigenvalue weighted by Gasteiger charge is -2.09. The summed E-state index contributed by atoms with van der Waals surface area (Å²) in [5, 5.41) is 21.8. The van der Waals surface area contributed by atoms with Crippen molar-refractivity contribution in [3.63, 3.8) is 0 Å². The largest absolute Gasteiger partial charge is 0.466 e. The van der Waals surface area contributed by atoms with Gasteiger partial charge in [0.2, 0.25) is 5.16 Å². The van der Waals surface area contributed by atoms with E-state index in [1.54, 1.807) is 11.6 Å². The van der Waals surface area contributed by atoms with Crippen molar-refractivity contribution in [3.05, 3.63) is 0 Å². The molecule has 0 bridgehead atoms. The Morgan fingerprint density at radius 3 is 3.11 bits per heavy atom.